The minimum atomic E-state index is -0.302. The molecule has 0 bridgehead atoms. The number of carbonyl (C=O) groups excluding carboxylic acids is 2. The van der Waals surface area contributed by atoms with Crippen molar-refractivity contribution in [3.63, 3.8) is 0 Å². The van der Waals surface area contributed by atoms with E-state index < -0.39 is 0 Å². The molecule has 0 saturated heterocycles. The molecule has 10 heteroatoms. The molecule has 1 aromatic heterocycles. The first-order valence-corrected chi connectivity index (χ1v) is 19.8. The number of carbonyl (C=O) groups is 2. The quantitative estimate of drug-likeness (QED) is 0.0332. The number of anilines is 4. The second kappa shape index (κ2) is 16.0. The fourth-order valence-electron chi connectivity index (χ4n) is 7.68. The summed E-state index contributed by atoms with van der Waals surface area (Å²) in [6, 6.07) is 31.6. The summed E-state index contributed by atoms with van der Waals surface area (Å²) in [7, 11) is 0. The van der Waals surface area contributed by atoms with Gasteiger partial charge in [-0.25, -0.2) is 9.98 Å². The Kier molecular flexibility index (Phi) is 10.5. The summed E-state index contributed by atoms with van der Waals surface area (Å²) in [5, 5.41) is 0. The number of esters is 2. The summed E-state index contributed by atoms with van der Waals surface area (Å²) >= 11 is 0. The molecule has 1 aliphatic carbocycles. The van der Waals surface area contributed by atoms with Crippen molar-refractivity contribution in [2.45, 2.75) is 72.3 Å². The third kappa shape index (κ3) is 7.65. The Morgan fingerprint density at radius 3 is 2.02 bits per heavy atom. The molecular formula is C48H47N6O4+. The summed E-state index contributed by atoms with van der Waals surface area (Å²) in [4.78, 5) is 38.3. The van der Waals surface area contributed by atoms with Gasteiger partial charge in [0, 0.05) is 48.1 Å². The molecule has 2 aliphatic rings. The fourth-order valence-corrected chi connectivity index (χ4v) is 7.68. The summed E-state index contributed by atoms with van der Waals surface area (Å²) < 4.78 is 14.0. The maximum absolute atomic E-state index is 13.1. The second-order valence-electron chi connectivity index (χ2n) is 15.2. The van der Waals surface area contributed by atoms with Gasteiger partial charge < -0.3 is 25.8 Å². The lowest BCUT2D eigenvalue weighted by atomic mass is 9.94. The van der Waals surface area contributed by atoms with Crippen LogP contribution in [0.3, 0.4) is 0 Å². The topological polar surface area (TPSA) is 137 Å². The summed E-state index contributed by atoms with van der Waals surface area (Å²) in [6.07, 6.45) is 7.35. The Morgan fingerprint density at radius 2 is 1.31 bits per heavy atom. The van der Waals surface area contributed by atoms with Crippen LogP contribution in [-0.2, 0) is 14.3 Å². The highest BCUT2D eigenvalue weighted by Gasteiger charge is 2.33. The van der Waals surface area contributed by atoms with Gasteiger partial charge in [0.05, 0.1) is 29.2 Å². The third-order valence-corrected chi connectivity index (χ3v) is 10.9. The van der Waals surface area contributed by atoms with Gasteiger partial charge in [-0.05, 0) is 111 Å². The van der Waals surface area contributed by atoms with Gasteiger partial charge in [0.25, 0.3) is 0 Å². The number of nitrogens with two attached hydrogens (primary N) is 2. The van der Waals surface area contributed by atoms with E-state index in [9.17, 15) is 9.59 Å². The number of allylic oxidation sites excluding steroid dienone is 1. The molecule has 1 atom stereocenters. The first-order valence-electron chi connectivity index (χ1n) is 19.8. The minimum absolute atomic E-state index is 0.265. The summed E-state index contributed by atoms with van der Waals surface area (Å²) in [5.41, 5.74) is 25.5. The molecule has 4 N–H and O–H groups in total. The SMILES string of the molecule is CC1=CC2=Nc3cc(C)c(N)cc3N(c3ccccc3)C2C=C1OC(=O)CCCCCCC(=O)Oc1cc2c(cc1C)nc1cc(C)c(N)cc1[n+]2-c1ccccc1. The zero-order valence-electron chi connectivity index (χ0n) is 33.3. The highest BCUT2D eigenvalue weighted by molar-refractivity contribution is 6.11. The van der Waals surface area contributed by atoms with Crippen molar-refractivity contribution in [1.29, 1.82) is 0 Å². The van der Waals surface area contributed by atoms with Crippen LogP contribution < -0.4 is 25.7 Å². The number of ether oxygens (including phenoxy) is 2. The number of nitrogens with zero attached hydrogens (tertiary/aromatic N) is 4. The van der Waals surface area contributed by atoms with Gasteiger partial charge in [-0.1, -0.05) is 49.2 Å². The third-order valence-electron chi connectivity index (χ3n) is 10.9. The second-order valence-corrected chi connectivity index (χ2v) is 15.2. The lowest BCUT2D eigenvalue weighted by molar-refractivity contribution is -0.538. The first-order chi connectivity index (χ1) is 28.0. The largest absolute Gasteiger partial charge is 0.426 e. The maximum atomic E-state index is 13.1. The zero-order chi connectivity index (χ0) is 40.5. The monoisotopic (exact) mass is 771 g/mol. The van der Waals surface area contributed by atoms with Crippen LogP contribution in [0, 0.1) is 20.8 Å². The average molecular weight is 772 g/mol. The molecule has 0 saturated carbocycles. The highest BCUT2D eigenvalue weighted by atomic mass is 16.5. The lowest BCUT2D eigenvalue weighted by Gasteiger charge is -2.38. The van der Waals surface area contributed by atoms with Gasteiger partial charge in [-0.2, -0.15) is 0 Å². The molecule has 0 amide bonds. The first kappa shape index (κ1) is 38.1. The maximum Gasteiger partial charge on any atom is 0.311 e. The molecule has 8 rings (SSSR count). The zero-order valence-corrected chi connectivity index (χ0v) is 33.3. The number of para-hydroxylation sites is 2. The van der Waals surface area contributed by atoms with Crippen molar-refractivity contribution >= 4 is 68.2 Å². The van der Waals surface area contributed by atoms with Crippen molar-refractivity contribution in [2.75, 3.05) is 16.4 Å². The lowest BCUT2D eigenvalue weighted by Crippen LogP contribution is -2.40. The van der Waals surface area contributed by atoms with Crippen molar-refractivity contribution < 1.29 is 23.6 Å². The number of rotatable bonds is 11. The minimum Gasteiger partial charge on any atom is -0.426 e. The van der Waals surface area contributed by atoms with E-state index in [1.807, 2.05) is 125 Å². The normalized spacial score (nSPS) is 14.7. The highest BCUT2D eigenvalue weighted by Crippen LogP contribution is 2.44. The number of aliphatic imine (C=N–C) groups is 1. The van der Waals surface area contributed by atoms with Crippen molar-refractivity contribution in [3.8, 4) is 11.4 Å². The van der Waals surface area contributed by atoms with E-state index in [-0.39, 0.29) is 30.8 Å². The van der Waals surface area contributed by atoms with E-state index in [4.69, 9.17) is 30.9 Å². The van der Waals surface area contributed by atoms with Crippen LogP contribution in [-0.4, -0.2) is 28.7 Å². The van der Waals surface area contributed by atoms with E-state index in [0.717, 1.165) is 85.6 Å². The van der Waals surface area contributed by atoms with E-state index >= 15 is 0 Å². The van der Waals surface area contributed by atoms with Gasteiger partial charge in [0.15, 0.2) is 0 Å². The molecule has 5 aromatic carbocycles. The molecule has 1 unspecified atom stereocenters. The number of fused-ring (bicyclic) bond motifs is 4. The molecule has 0 spiro atoms. The molecule has 0 radical (unpaired) electrons. The number of aromatic nitrogens is 2. The Morgan fingerprint density at radius 1 is 0.707 bits per heavy atom. The predicted octanol–water partition coefficient (Wildman–Crippen LogP) is 9.68. The molecule has 292 valence electrons. The number of hydrogen-bond acceptors (Lipinski definition) is 9. The number of unbranched alkanes of at least 4 members (excludes halogenated alkanes) is 3. The van der Waals surface area contributed by atoms with E-state index in [2.05, 4.69) is 21.6 Å². The van der Waals surface area contributed by atoms with E-state index in [1.54, 1.807) is 0 Å². The number of benzene rings is 5. The van der Waals surface area contributed by atoms with Crippen LogP contribution in [0.4, 0.5) is 28.4 Å². The van der Waals surface area contributed by atoms with Crippen LogP contribution in [0.25, 0.3) is 27.8 Å². The van der Waals surface area contributed by atoms with Crippen molar-refractivity contribution in [2.24, 2.45) is 4.99 Å². The number of hydrogen-bond donors (Lipinski definition) is 2. The number of nitrogen functional groups attached to an aromatic ring is 2. The molecule has 2 heterocycles. The molecule has 1 aliphatic heterocycles. The molecule has 6 aromatic rings. The fraction of sp³-hybridized carbons (Fsp3) is 0.229. The van der Waals surface area contributed by atoms with E-state index in [0.29, 0.717) is 35.7 Å². The van der Waals surface area contributed by atoms with Crippen LogP contribution >= 0.6 is 0 Å². The molecular weight excluding hydrogens is 725 g/mol. The Labute approximate surface area is 338 Å². The van der Waals surface area contributed by atoms with Gasteiger partial charge in [0.1, 0.15) is 22.5 Å². The smallest absolute Gasteiger partial charge is 0.311 e. The Hall–Kier alpha value is -6.81. The van der Waals surface area contributed by atoms with Gasteiger partial charge in [0.2, 0.25) is 16.7 Å². The Bertz CT molecular complexity index is 2690. The van der Waals surface area contributed by atoms with Crippen LogP contribution in [0.2, 0.25) is 0 Å². The van der Waals surface area contributed by atoms with Crippen LogP contribution in [0.15, 0.2) is 126 Å². The van der Waals surface area contributed by atoms with Crippen molar-refractivity contribution in [3.05, 3.63) is 137 Å². The predicted molar refractivity (Wildman–Crippen MR) is 231 cm³/mol. The van der Waals surface area contributed by atoms with E-state index in [1.165, 1.54) is 0 Å². The van der Waals surface area contributed by atoms with Crippen LogP contribution in [0.1, 0.15) is 62.1 Å². The summed E-state index contributed by atoms with van der Waals surface area (Å²) in [6.45, 7) is 7.81. The Balaban J connectivity index is 0.875. The van der Waals surface area contributed by atoms with Crippen molar-refractivity contribution in [1.82, 2.24) is 4.98 Å². The summed E-state index contributed by atoms with van der Waals surface area (Å²) in [5.74, 6) is 0.432. The van der Waals surface area contributed by atoms with Gasteiger partial charge in [-0.3, -0.25) is 9.59 Å². The van der Waals surface area contributed by atoms with Gasteiger partial charge in [-0.15, -0.1) is 4.57 Å². The molecule has 10 nitrogen and oxygen atoms in total. The molecule has 58 heavy (non-hydrogen) atoms. The standard InChI is InChI=1S/C48H46N6O4/c1-29-21-37-41(25-35(29)49)53(33-15-9-7-10-16-33)43-27-45(31(3)23-39(43)51-37)57-47(55)19-13-5-6-14-20-48(56)58-46-28-44-40(24-32(46)4)52-38-22-30(2)36(50)26-42(38)54(44)34-17-11-8-12-18-34/h7-12,15-18,21-28,43,50H,5-6,13-14,19-20,49H2,1-4H3/p+1. The average Bonchev–Trinajstić information content (AvgIpc) is 3.20. The van der Waals surface area contributed by atoms with Gasteiger partial charge >= 0.3 is 11.9 Å². The van der Waals surface area contributed by atoms with Crippen LogP contribution in [0.5, 0.6) is 5.75 Å². The number of aryl methyl sites for hydroxylation is 3. The molecule has 0 fully saturated rings.